The minimum atomic E-state index is -0.876. The summed E-state index contributed by atoms with van der Waals surface area (Å²) in [6, 6.07) is 8.05. The second kappa shape index (κ2) is 7.47. The molecular weight excluding hydrogens is 371 g/mol. The molecular formula is C19H15FN2O6. The number of anilines is 1. The summed E-state index contributed by atoms with van der Waals surface area (Å²) in [5.41, 5.74) is 1.23. The Hall–Kier alpha value is -3.75. The maximum absolute atomic E-state index is 13.3. The number of fused-ring (bicyclic) bond motifs is 1. The van der Waals surface area contributed by atoms with E-state index in [9.17, 15) is 24.1 Å². The number of nitrogens with one attached hydrogen (secondary N) is 1. The van der Waals surface area contributed by atoms with Gasteiger partial charge in [0.25, 0.3) is 11.6 Å². The van der Waals surface area contributed by atoms with Crippen LogP contribution in [0, 0.1) is 29.8 Å². The maximum atomic E-state index is 13.3. The predicted octanol–water partition coefficient (Wildman–Crippen LogP) is 3.89. The molecule has 9 heteroatoms. The molecule has 0 fully saturated rings. The summed E-state index contributed by atoms with van der Waals surface area (Å²) in [7, 11) is 0. The van der Waals surface area contributed by atoms with Crippen LogP contribution in [0.5, 0.6) is 0 Å². The Bertz CT molecular complexity index is 1110. The third-order valence-corrected chi connectivity index (χ3v) is 4.11. The fraction of sp³-hybridized carbons (Fsp3) is 0.158. The van der Waals surface area contributed by atoms with Crippen LogP contribution in [0.1, 0.15) is 21.7 Å². The fourth-order valence-corrected chi connectivity index (χ4v) is 2.67. The molecule has 0 atom stereocenters. The van der Waals surface area contributed by atoms with Gasteiger partial charge >= 0.3 is 5.97 Å². The highest BCUT2D eigenvalue weighted by Crippen LogP contribution is 2.26. The van der Waals surface area contributed by atoms with E-state index in [1.807, 2.05) is 0 Å². The van der Waals surface area contributed by atoms with E-state index in [1.165, 1.54) is 36.4 Å². The lowest BCUT2D eigenvalue weighted by molar-refractivity contribution is -0.385. The van der Waals surface area contributed by atoms with Gasteiger partial charge in [0.1, 0.15) is 11.4 Å². The zero-order valence-electron chi connectivity index (χ0n) is 14.9. The fourth-order valence-electron chi connectivity index (χ4n) is 2.67. The molecule has 28 heavy (non-hydrogen) atoms. The van der Waals surface area contributed by atoms with Gasteiger partial charge in [-0.05, 0) is 38.1 Å². The molecule has 144 valence electrons. The van der Waals surface area contributed by atoms with Crippen molar-refractivity contribution in [2.45, 2.75) is 13.8 Å². The maximum Gasteiger partial charge on any atom is 0.375 e. The van der Waals surface area contributed by atoms with Crippen LogP contribution >= 0.6 is 0 Å². The number of hydrogen-bond donors (Lipinski definition) is 1. The quantitative estimate of drug-likeness (QED) is 0.404. The lowest BCUT2D eigenvalue weighted by atomic mass is 10.1. The van der Waals surface area contributed by atoms with E-state index in [4.69, 9.17) is 9.15 Å². The minimum Gasteiger partial charge on any atom is -0.450 e. The number of carbonyl (C=O) groups is 2. The van der Waals surface area contributed by atoms with Gasteiger partial charge < -0.3 is 14.5 Å². The van der Waals surface area contributed by atoms with E-state index in [-0.39, 0.29) is 17.1 Å². The summed E-state index contributed by atoms with van der Waals surface area (Å²) in [6.45, 7) is 2.53. The van der Waals surface area contributed by atoms with Crippen LogP contribution in [0.2, 0.25) is 0 Å². The van der Waals surface area contributed by atoms with Crippen molar-refractivity contribution in [3.63, 3.8) is 0 Å². The summed E-state index contributed by atoms with van der Waals surface area (Å²) in [4.78, 5) is 34.6. The van der Waals surface area contributed by atoms with Gasteiger partial charge in [0.2, 0.25) is 5.76 Å². The van der Waals surface area contributed by atoms with E-state index in [2.05, 4.69) is 5.32 Å². The molecule has 0 bridgehead atoms. The topological polar surface area (TPSA) is 112 Å². The molecule has 1 heterocycles. The number of aryl methyl sites for hydroxylation is 2. The molecule has 1 aromatic heterocycles. The number of amides is 1. The minimum absolute atomic E-state index is 0.126. The van der Waals surface area contributed by atoms with E-state index < -0.39 is 29.2 Å². The zero-order valence-corrected chi connectivity index (χ0v) is 14.9. The standard InChI is InChI=1S/C19H15FN2O6/c1-10-3-5-13(8-15(10)22(25)26)21-17(23)9-27-19(24)18-11(2)14-7-12(20)4-6-16(14)28-18/h3-8H,9H2,1-2H3,(H,21,23). The summed E-state index contributed by atoms with van der Waals surface area (Å²) < 4.78 is 23.6. The van der Waals surface area contributed by atoms with Gasteiger partial charge in [-0.1, -0.05) is 6.07 Å². The number of nitro benzene ring substituents is 1. The molecule has 0 radical (unpaired) electrons. The highest BCUT2D eigenvalue weighted by molar-refractivity contribution is 5.98. The van der Waals surface area contributed by atoms with Crippen LogP contribution in [0.4, 0.5) is 15.8 Å². The first-order chi connectivity index (χ1) is 13.3. The SMILES string of the molecule is Cc1ccc(NC(=O)COC(=O)c2oc3ccc(F)cc3c2C)cc1[N+](=O)[O-]. The second-order valence-electron chi connectivity index (χ2n) is 6.08. The van der Waals surface area contributed by atoms with Crippen molar-refractivity contribution in [1.82, 2.24) is 0 Å². The Kier molecular flexibility index (Phi) is 5.08. The molecule has 0 saturated carbocycles. The zero-order chi connectivity index (χ0) is 20.4. The molecule has 0 unspecified atom stereocenters. The average molecular weight is 386 g/mol. The van der Waals surface area contributed by atoms with Crippen LogP contribution in [0.3, 0.4) is 0 Å². The van der Waals surface area contributed by atoms with Gasteiger partial charge in [-0.2, -0.15) is 0 Å². The van der Waals surface area contributed by atoms with Crippen molar-refractivity contribution >= 4 is 34.2 Å². The number of nitrogens with zero attached hydrogens (tertiary/aromatic N) is 1. The van der Waals surface area contributed by atoms with Gasteiger partial charge in [0.15, 0.2) is 6.61 Å². The second-order valence-corrected chi connectivity index (χ2v) is 6.08. The number of benzene rings is 2. The first kappa shape index (κ1) is 19.0. The average Bonchev–Trinajstić information content (AvgIpc) is 2.97. The Labute approximate surface area is 158 Å². The summed E-state index contributed by atoms with van der Waals surface area (Å²) in [5.74, 6) is -2.15. The van der Waals surface area contributed by atoms with Gasteiger partial charge in [-0.3, -0.25) is 14.9 Å². The highest BCUT2D eigenvalue weighted by atomic mass is 19.1. The first-order valence-corrected chi connectivity index (χ1v) is 8.17. The third-order valence-electron chi connectivity index (χ3n) is 4.11. The molecule has 0 aliphatic carbocycles. The Morgan fingerprint density at radius 3 is 2.68 bits per heavy atom. The molecule has 0 saturated heterocycles. The first-order valence-electron chi connectivity index (χ1n) is 8.17. The number of rotatable bonds is 5. The van der Waals surface area contributed by atoms with Crippen LogP contribution in [0.15, 0.2) is 40.8 Å². The monoisotopic (exact) mass is 386 g/mol. The summed E-state index contributed by atoms with van der Waals surface area (Å²) in [6.07, 6.45) is 0. The predicted molar refractivity (Wildman–Crippen MR) is 97.7 cm³/mol. The molecule has 0 aliphatic heterocycles. The van der Waals surface area contributed by atoms with E-state index in [0.29, 0.717) is 22.1 Å². The van der Waals surface area contributed by atoms with E-state index in [1.54, 1.807) is 13.8 Å². The number of esters is 1. The van der Waals surface area contributed by atoms with Crippen molar-refractivity contribution in [2.24, 2.45) is 0 Å². The molecule has 1 N–H and O–H groups in total. The van der Waals surface area contributed by atoms with Crippen LogP contribution < -0.4 is 5.32 Å². The van der Waals surface area contributed by atoms with E-state index >= 15 is 0 Å². The molecule has 0 spiro atoms. The largest absolute Gasteiger partial charge is 0.450 e. The number of furan rings is 1. The van der Waals surface area contributed by atoms with Crippen molar-refractivity contribution in [1.29, 1.82) is 0 Å². The van der Waals surface area contributed by atoms with Gasteiger partial charge in [0.05, 0.1) is 4.92 Å². The van der Waals surface area contributed by atoms with Crippen LogP contribution in [-0.2, 0) is 9.53 Å². The van der Waals surface area contributed by atoms with Gasteiger partial charge in [-0.25, -0.2) is 9.18 Å². The van der Waals surface area contributed by atoms with Gasteiger partial charge in [-0.15, -0.1) is 0 Å². The van der Waals surface area contributed by atoms with Crippen molar-refractivity contribution in [2.75, 3.05) is 11.9 Å². The van der Waals surface area contributed by atoms with Gasteiger partial charge in [0, 0.05) is 28.3 Å². The van der Waals surface area contributed by atoms with Crippen LogP contribution in [0.25, 0.3) is 11.0 Å². The molecule has 2 aromatic carbocycles. The summed E-state index contributed by atoms with van der Waals surface area (Å²) >= 11 is 0. The summed E-state index contributed by atoms with van der Waals surface area (Å²) in [5, 5.41) is 13.8. The Balaban J connectivity index is 1.66. The number of hydrogen-bond acceptors (Lipinski definition) is 6. The van der Waals surface area contributed by atoms with Crippen LogP contribution in [-0.4, -0.2) is 23.4 Å². The normalized spacial score (nSPS) is 10.7. The third kappa shape index (κ3) is 3.83. The number of carbonyl (C=O) groups excluding carboxylic acids is 2. The molecule has 1 amide bonds. The highest BCUT2D eigenvalue weighted by Gasteiger charge is 2.20. The van der Waals surface area contributed by atoms with Crippen molar-refractivity contribution in [3.8, 4) is 0 Å². The molecule has 3 rings (SSSR count). The lowest BCUT2D eigenvalue weighted by Crippen LogP contribution is -2.21. The van der Waals surface area contributed by atoms with Crippen molar-refractivity contribution in [3.05, 3.63) is 69.2 Å². The Morgan fingerprint density at radius 1 is 1.21 bits per heavy atom. The lowest BCUT2D eigenvalue weighted by Gasteiger charge is -2.07. The molecule has 3 aromatic rings. The Morgan fingerprint density at radius 2 is 1.96 bits per heavy atom. The number of halogens is 1. The van der Waals surface area contributed by atoms with Crippen molar-refractivity contribution < 1.29 is 28.1 Å². The number of ether oxygens (including phenoxy) is 1. The molecule has 8 nitrogen and oxygen atoms in total. The van der Waals surface area contributed by atoms with E-state index in [0.717, 1.165) is 0 Å². The smallest absolute Gasteiger partial charge is 0.375 e. The number of nitro groups is 1. The molecule has 0 aliphatic rings.